The van der Waals surface area contributed by atoms with E-state index in [-0.39, 0.29) is 12.3 Å². The van der Waals surface area contributed by atoms with E-state index in [9.17, 15) is 23.1 Å². The molecule has 0 aromatic rings. The average molecular weight is 322 g/mol. The quantitative estimate of drug-likeness (QED) is 0.560. The number of hydrogen-bond donors (Lipinski definition) is 3. The van der Waals surface area contributed by atoms with Crippen molar-refractivity contribution in [3.63, 3.8) is 0 Å². The molecule has 9 heteroatoms. The van der Waals surface area contributed by atoms with Gasteiger partial charge in [0, 0.05) is 6.54 Å². The number of aliphatic hydroxyl groups is 1. The van der Waals surface area contributed by atoms with Crippen molar-refractivity contribution in [1.29, 1.82) is 0 Å². The van der Waals surface area contributed by atoms with Gasteiger partial charge in [0.1, 0.15) is 6.04 Å². The Bertz CT molecular complexity index is 490. The van der Waals surface area contributed by atoms with Gasteiger partial charge in [-0.3, -0.25) is 4.79 Å². The summed E-state index contributed by atoms with van der Waals surface area (Å²) in [5.41, 5.74) is 0. The van der Waals surface area contributed by atoms with Crippen molar-refractivity contribution in [2.75, 3.05) is 12.3 Å². The summed E-state index contributed by atoms with van der Waals surface area (Å²) in [6.45, 7) is 3.24. The van der Waals surface area contributed by atoms with E-state index < -0.39 is 40.1 Å². The third kappa shape index (κ3) is 4.39. The van der Waals surface area contributed by atoms with Crippen LogP contribution in [0.1, 0.15) is 33.1 Å². The standard InChI is InChI=1S/C12H22N2O6S/c1-3-7-21(19,20)14-6-4-5-9(14)11(16)13-10(8(2)15)12(17)18/h8-10,15H,3-7H2,1-2H3,(H,13,16)(H,17,18)/t8-,9?,10+/m1/s1. The third-order valence-electron chi connectivity index (χ3n) is 3.37. The van der Waals surface area contributed by atoms with E-state index in [1.165, 1.54) is 6.92 Å². The molecule has 1 rings (SSSR count). The van der Waals surface area contributed by atoms with E-state index in [0.29, 0.717) is 19.3 Å². The fourth-order valence-electron chi connectivity index (χ4n) is 2.35. The maximum absolute atomic E-state index is 12.1. The van der Waals surface area contributed by atoms with Crippen molar-refractivity contribution in [2.24, 2.45) is 0 Å². The Hall–Kier alpha value is -1.19. The second-order valence-electron chi connectivity index (χ2n) is 5.15. The lowest BCUT2D eigenvalue weighted by Gasteiger charge is -2.25. The first-order valence-corrected chi connectivity index (χ1v) is 8.52. The predicted molar refractivity (Wildman–Crippen MR) is 75.1 cm³/mol. The fraction of sp³-hybridized carbons (Fsp3) is 0.833. The van der Waals surface area contributed by atoms with Crippen LogP contribution in [0.25, 0.3) is 0 Å². The van der Waals surface area contributed by atoms with Crippen LogP contribution in [0.5, 0.6) is 0 Å². The van der Waals surface area contributed by atoms with E-state index in [0.717, 1.165) is 4.31 Å². The zero-order chi connectivity index (χ0) is 16.2. The molecule has 0 aliphatic carbocycles. The molecular formula is C12H22N2O6S. The van der Waals surface area contributed by atoms with E-state index in [4.69, 9.17) is 5.11 Å². The smallest absolute Gasteiger partial charge is 0.328 e. The molecule has 21 heavy (non-hydrogen) atoms. The Morgan fingerprint density at radius 2 is 2.05 bits per heavy atom. The largest absolute Gasteiger partial charge is 0.480 e. The zero-order valence-corrected chi connectivity index (χ0v) is 13.0. The van der Waals surface area contributed by atoms with Gasteiger partial charge in [-0.25, -0.2) is 13.2 Å². The van der Waals surface area contributed by atoms with Gasteiger partial charge in [0.2, 0.25) is 15.9 Å². The topological polar surface area (TPSA) is 124 Å². The molecule has 0 aromatic heterocycles. The molecule has 1 unspecified atom stereocenters. The van der Waals surface area contributed by atoms with Crippen LogP contribution in [-0.4, -0.2) is 65.3 Å². The number of carboxylic acids is 1. The number of amides is 1. The van der Waals surface area contributed by atoms with Crippen molar-refractivity contribution >= 4 is 21.9 Å². The summed E-state index contributed by atoms with van der Waals surface area (Å²) in [6.07, 6.45) is 0.0704. The highest BCUT2D eigenvalue weighted by Crippen LogP contribution is 2.22. The minimum absolute atomic E-state index is 0.0461. The molecule has 0 radical (unpaired) electrons. The van der Waals surface area contributed by atoms with Crippen molar-refractivity contribution in [2.45, 2.75) is 51.3 Å². The number of carbonyl (C=O) groups excluding carboxylic acids is 1. The number of sulfonamides is 1. The zero-order valence-electron chi connectivity index (χ0n) is 12.2. The van der Waals surface area contributed by atoms with Crippen molar-refractivity contribution in [3.05, 3.63) is 0 Å². The van der Waals surface area contributed by atoms with E-state index >= 15 is 0 Å². The van der Waals surface area contributed by atoms with Gasteiger partial charge in [0.15, 0.2) is 6.04 Å². The Labute approximate surface area is 124 Å². The molecule has 0 aromatic carbocycles. The molecule has 0 spiro atoms. The van der Waals surface area contributed by atoms with Gasteiger partial charge in [0.05, 0.1) is 11.9 Å². The summed E-state index contributed by atoms with van der Waals surface area (Å²) in [4.78, 5) is 23.1. The SMILES string of the molecule is CCCS(=O)(=O)N1CCCC1C(=O)N[C@H](C(=O)O)[C@@H](C)O. The summed E-state index contributed by atoms with van der Waals surface area (Å²) in [6, 6.07) is -2.35. The number of nitrogens with zero attached hydrogens (tertiary/aromatic N) is 1. The Morgan fingerprint density at radius 3 is 2.52 bits per heavy atom. The van der Waals surface area contributed by atoms with Gasteiger partial charge in [-0.1, -0.05) is 6.92 Å². The van der Waals surface area contributed by atoms with E-state index in [2.05, 4.69) is 5.32 Å². The lowest BCUT2D eigenvalue weighted by molar-refractivity contribution is -0.145. The lowest BCUT2D eigenvalue weighted by Crippen LogP contribution is -2.54. The van der Waals surface area contributed by atoms with Crippen LogP contribution in [0.15, 0.2) is 0 Å². The van der Waals surface area contributed by atoms with Crippen molar-refractivity contribution in [3.8, 4) is 0 Å². The normalized spacial score (nSPS) is 22.7. The molecule has 8 nitrogen and oxygen atoms in total. The number of aliphatic hydroxyl groups excluding tert-OH is 1. The average Bonchev–Trinajstić information content (AvgIpc) is 2.84. The molecule has 0 saturated carbocycles. The number of aliphatic carboxylic acids is 1. The molecule has 1 heterocycles. The first kappa shape index (κ1) is 17.9. The third-order valence-corrected chi connectivity index (χ3v) is 5.45. The van der Waals surface area contributed by atoms with Crippen LogP contribution < -0.4 is 5.32 Å². The summed E-state index contributed by atoms with van der Waals surface area (Å²) >= 11 is 0. The molecule has 1 aliphatic rings. The molecule has 1 aliphatic heterocycles. The first-order chi connectivity index (χ1) is 9.70. The molecule has 3 N–H and O–H groups in total. The minimum atomic E-state index is -3.52. The Morgan fingerprint density at radius 1 is 1.43 bits per heavy atom. The second kappa shape index (κ2) is 7.19. The monoisotopic (exact) mass is 322 g/mol. The highest BCUT2D eigenvalue weighted by atomic mass is 32.2. The van der Waals surface area contributed by atoms with Gasteiger partial charge in [0.25, 0.3) is 0 Å². The number of nitrogens with one attached hydrogen (secondary N) is 1. The van der Waals surface area contributed by atoms with Crippen LogP contribution in [-0.2, 0) is 19.6 Å². The molecule has 3 atom stereocenters. The molecule has 0 bridgehead atoms. The second-order valence-corrected chi connectivity index (χ2v) is 7.19. The molecule has 122 valence electrons. The molecular weight excluding hydrogens is 300 g/mol. The highest BCUT2D eigenvalue weighted by Gasteiger charge is 2.39. The lowest BCUT2D eigenvalue weighted by atomic mass is 10.1. The van der Waals surface area contributed by atoms with Gasteiger partial charge in [-0.2, -0.15) is 4.31 Å². The highest BCUT2D eigenvalue weighted by molar-refractivity contribution is 7.89. The summed E-state index contributed by atoms with van der Waals surface area (Å²) in [5.74, 6) is -2.09. The number of hydrogen-bond acceptors (Lipinski definition) is 5. The van der Waals surface area contributed by atoms with Crippen LogP contribution in [0, 0.1) is 0 Å². The Kier molecular flexibility index (Phi) is 6.11. The predicted octanol–water partition coefficient (Wildman–Crippen LogP) is -0.859. The summed E-state index contributed by atoms with van der Waals surface area (Å²) in [5, 5.41) is 20.5. The van der Waals surface area contributed by atoms with Crippen molar-refractivity contribution < 1.29 is 28.2 Å². The van der Waals surface area contributed by atoms with Crippen LogP contribution in [0.2, 0.25) is 0 Å². The molecule has 1 amide bonds. The van der Waals surface area contributed by atoms with Crippen molar-refractivity contribution in [1.82, 2.24) is 9.62 Å². The summed E-state index contributed by atoms with van der Waals surface area (Å²) in [7, 11) is -3.52. The molecule has 1 fully saturated rings. The Balaban J connectivity index is 2.84. The van der Waals surface area contributed by atoms with Gasteiger partial charge >= 0.3 is 5.97 Å². The van der Waals surface area contributed by atoms with Gasteiger partial charge in [-0.15, -0.1) is 0 Å². The van der Waals surface area contributed by atoms with Crippen LogP contribution in [0.4, 0.5) is 0 Å². The molecule has 1 saturated heterocycles. The maximum atomic E-state index is 12.1. The fourth-order valence-corrected chi connectivity index (χ4v) is 4.10. The number of rotatable bonds is 7. The van der Waals surface area contributed by atoms with Crippen LogP contribution >= 0.6 is 0 Å². The first-order valence-electron chi connectivity index (χ1n) is 6.91. The van der Waals surface area contributed by atoms with Crippen LogP contribution in [0.3, 0.4) is 0 Å². The maximum Gasteiger partial charge on any atom is 0.328 e. The van der Waals surface area contributed by atoms with Gasteiger partial charge < -0.3 is 15.5 Å². The van der Waals surface area contributed by atoms with E-state index in [1.54, 1.807) is 6.92 Å². The number of carbonyl (C=O) groups is 2. The summed E-state index contributed by atoms with van der Waals surface area (Å²) < 4.78 is 25.3. The minimum Gasteiger partial charge on any atom is -0.480 e. The van der Waals surface area contributed by atoms with Gasteiger partial charge in [-0.05, 0) is 26.2 Å². The van der Waals surface area contributed by atoms with E-state index in [1.807, 2.05) is 0 Å². The number of carboxylic acid groups (broad SMARTS) is 1.